The fourth-order valence-corrected chi connectivity index (χ4v) is 3.17. The highest BCUT2D eigenvalue weighted by Gasteiger charge is 2.31. The van der Waals surface area contributed by atoms with E-state index in [1.54, 1.807) is 32.9 Å². The van der Waals surface area contributed by atoms with Gasteiger partial charge in [-0.05, 0) is 55.7 Å². The zero-order chi connectivity index (χ0) is 22.1. The van der Waals surface area contributed by atoms with Gasteiger partial charge in [-0.15, -0.1) is 0 Å². The molecule has 0 aliphatic rings. The van der Waals surface area contributed by atoms with Gasteiger partial charge in [-0.25, -0.2) is 9.37 Å². The van der Waals surface area contributed by atoms with E-state index in [1.165, 1.54) is 12.1 Å². The third-order valence-corrected chi connectivity index (χ3v) is 4.72. The van der Waals surface area contributed by atoms with Crippen LogP contribution in [-0.2, 0) is 12.7 Å². The van der Waals surface area contributed by atoms with E-state index in [9.17, 15) is 22.4 Å². The predicted molar refractivity (Wildman–Crippen MR) is 105 cm³/mol. The van der Waals surface area contributed by atoms with Gasteiger partial charge in [0.25, 0.3) is 5.91 Å². The monoisotopic (exact) mass is 420 g/mol. The number of hydrogen-bond donors (Lipinski definition) is 1. The molecule has 2 aromatic carbocycles. The van der Waals surface area contributed by atoms with E-state index < -0.39 is 17.6 Å². The lowest BCUT2D eigenvalue weighted by Gasteiger charge is -2.16. The van der Waals surface area contributed by atoms with E-state index in [-0.39, 0.29) is 35.9 Å². The molecule has 0 spiro atoms. The summed E-state index contributed by atoms with van der Waals surface area (Å²) < 4.78 is 58.0. The van der Waals surface area contributed by atoms with Crippen LogP contribution in [0.15, 0.2) is 36.4 Å². The number of aryl methyl sites for hydroxylation is 2. The molecule has 1 heterocycles. The highest BCUT2D eigenvalue weighted by atomic mass is 19.4. The van der Waals surface area contributed by atoms with E-state index in [0.717, 1.165) is 12.1 Å². The van der Waals surface area contributed by atoms with Gasteiger partial charge in [0, 0.05) is 11.9 Å². The van der Waals surface area contributed by atoms with E-state index in [4.69, 9.17) is 4.74 Å². The number of halogens is 4. The number of hydrogen-bond acceptors (Lipinski definition) is 3. The zero-order valence-corrected chi connectivity index (χ0v) is 16.7. The van der Waals surface area contributed by atoms with Gasteiger partial charge in [0.1, 0.15) is 11.4 Å². The van der Waals surface area contributed by atoms with Crippen molar-refractivity contribution in [2.45, 2.75) is 33.5 Å². The normalized spacial score (nSPS) is 11.6. The average molecular weight is 420 g/mol. The smallest absolute Gasteiger partial charge is 0.416 e. The third kappa shape index (κ3) is 4.37. The van der Waals surface area contributed by atoms with Gasteiger partial charge in [-0.2, -0.15) is 13.2 Å². The number of benzene rings is 2. The summed E-state index contributed by atoms with van der Waals surface area (Å²) in [6, 6.07) is 7.72. The molecule has 30 heavy (non-hydrogen) atoms. The molecule has 0 saturated heterocycles. The summed E-state index contributed by atoms with van der Waals surface area (Å²) >= 11 is 0. The lowest BCUT2D eigenvalue weighted by molar-refractivity contribution is -0.137. The number of carbonyl (C=O) groups is 1. The van der Waals surface area contributed by atoms with Crippen LogP contribution in [0.5, 0.6) is 5.88 Å². The van der Waals surface area contributed by atoms with Crippen LogP contribution in [0.25, 0.3) is 10.9 Å². The van der Waals surface area contributed by atoms with Crippen LogP contribution in [0.3, 0.4) is 0 Å². The van der Waals surface area contributed by atoms with Crippen molar-refractivity contribution in [1.29, 1.82) is 0 Å². The maximum absolute atomic E-state index is 13.4. The molecule has 1 amide bonds. The minimum Gasteiger partial charge on any atom is -0.477 e. The van der Waals surface area contributed by atoms with Crippen LogP contribution in [-0.4, -0.2) is 17.5 Å². The molecule has 0 aliphatic heterocycles. The Morgan fingerprint density at radius 3 is 2.50 bits per heavy atom. The zero-order valence-electron chi connectivity index (χ0n) is 16.7. The van der Waals surface area contributed by atoms with E-state index >= 15 is 0 Å². The number of alkyl halides is 3. The Balaban J connectivity index is 1.98. The van der Waals surface area contributed by atoms with Gasteiger partial charge in [-0.1, -0.05) is 18.2 Å². The van der Waals surface area contributed by atoms with Gasteiger partial charge >= 0.3 is 6.18 Å². The second-order valence-corrected chi connectivity index (χ2v) is 6.85. The van der Waals surface area contributed by atoms with Crippen molar-refractivity contribution >= 4 is 16.8 Å². The number of nitrogens with one attached hydrogen (secondary N) is 1. The number of carbonyl (C=O) groups excluding carboxylic acids is 1. The number of ether oxygens (including phenoxy) is 1. The molecule has 0 saturated carbocycles. The number of rotatable bonds is 5. The Bertz CT molecular complexity index is 1110. The summed E-state index contributed by atoms with van der Waals surface area (Å²) in [4.78, 5) is 17.0. The molecule has 158 valence electrons. The minimum absolute atomic E-state index is 0.0328. The molecule has 0 aliphatic carbocycles. The first-order valence-electron chi connectivity index (χ1n) is 9.29. The lowest BCUT2D eigenvalue weighted by Crippen LogP contribution is -2.25. The van der Waals surface area contributed by atoms with E-state index in [2.05, 4.69) is 10.3 Å². The SMILES string of the molecule is CCOc1nc2cc(C(F)(F)F)ccc2c(C)c1C(=O)NCc1ccc(F)c(C)c1. The van der Waals surface area contributed by atoms with Gasteiger partial charge in [0.05, 0.1) is 17.7 Å². The first kappa shape index (κ1) is 21.5. The second-order valence-electron chi connectivity index (χ2n) is 6.85. The molecule has 4 nitrogen and oxygen atoms in total. The molecule has 0 radical (unpaired) electrons. The standard InChI is InChI=1S/C22H20F4N2O2/c1-4-30-21-19(20(29)27-11-14-5-8-17(23)12(2)9-14)13(3)16-7-6-15(22(24,25)26)10-18(16)28-21/h5-10H,4,11H2,1-3H3,(H,27,29). The third-order valence-electron chi connectivity index (χ3n) is 4.72. The Labute approximate surface area is 170 Å². The number of nitrogens with zero attached hydrogens (tertiary/aromatic N) is 1. The molecule has 8 heteroatoms. The van der Waals surface area contributed by atoms with Crippen molar-refractivity contribution in [3.63, 3.8) is 0 Å². The lowest BCUT2D eigenvalue weighted by atomic mass is 10.0. The Morgan fingerprint density at radius 1 is 1.13 bits per heavy atom. The summed E-state index contributed by atoms with van der Waals surface area (Å²) in [7, 11) is 0. The van der Waals surface area contributed by atoms with Crippen molar-refractivity contribution < 1.29 is 27.1 Å². The highest BCUT2D eigenvalue weighted by molar-refractivity contribution is 6.02. The summed E-state index contributed by atoms with van der Waals surface area (Å²) in [6.07, 6.45) is -4.50. The maximum Gasteiger partial charge on any atom is 0.416 e. The van der Waals surface area contributed by atoms with Crippen molar-refractivity contribution in [1.82, 2.24) is 10.3 Å². The molecule has 0 bridgehead atoms. The van der Waals surface area contributed by atoms with Gasteiger partial charge in [0.15, 0.2) is 0 Å². The van der Waals surface area contributed by atoms with Crippen LogP contribution in [0.4, 0.5) is 17.6 Å². The van der Waals surface area contributed by atoms with Crippen molar-refractivity contribution in [3.05, 3.63) is 70.0 Å². The summed E-state index contributed by atoms with van der Waals surface area (Å²) in [5.41, 5.74) is 1.06. The predicted octanol–water partition coefficient (Wildman–Crippen LogP) is 5.34. The van der Waals surface area contributed by atoms with Crippen LogP contribution in [0, 0.1) is 19.7 Å². The average Bonchev–Trinajstić information content (AvgIpc) is 2.68. The molecule has 0 fully saturated rings. The maximum atomic E-state index is 13.4. The number of aromatic nitrogens is 1. The molecular formula is C22H20F4N2O2. The van der Waals surface area contributed by atoms with Gasteiger partial charge in [-0.3, -0.25) is 4.79 Å². The number of fused-ring (bicyclic) bond motifs is 1. The Kier molecular flexibility index (Phi) is 5.96. The van der Waals surface area contributed by atoms with Gasteiger partial charge < -0.3 is 10.1 Å². The van der Waals surface area contributed by atoms with Crippen LogP contribution in [0.2, 0.25) is 0 Å². The number of pyridine rings is 1. The van der Waals surface area contributed by atoms with Crippen molar-refractivity contribution in [2.75, 3.05) is 6.61 Å². The molecule has 3 aromatic rings. The largest absolute Gasteiger partial charge is 0.477 e. The fourth-order valence-electron chi connectivity index (χ4n) is 3.17. The van der Waals surface area contributed by atoms with Crippen molar-refractivity contribution in [2.24, 2.45) is 0 Å². The van der Waals surface area contributed by atoms with Crippen LogP contribution in [0.1, 0.15) is 39.5 Å². The second kappa shape index (κ2) is 8.30. The van der Waals surface area contributed by atoms with Crippen LogP contribution < -0.4 is 10.1 Å². The first-order valence-corrected chi connectivity index (χ1v) is 9.29. The highest BCUT2D eigenvalue weighted by Crippen LogP contribution is 2.34. The quantitative estimate of drug-likeness (QED) is 0.567. The summed E-state index contributed by atoms with van der Waals surface area (Å²) in [6.45, 7) is 5.29. The summed E-state index contributed by atoms with van der Waals surface area (Å²) in [5.74, 6) is -0.849. The first-order chi connectivity index (χ1) is 14.1. The molecule has 1 N–H and O–H groups in total. The van der Waals surface area contributed by atoms with E-state index in [1.807, 2.05) is 0 Å². The molecular weight excluding hydrogens is 400 g/mol. The topological polar surface area (TPSA) is 51.2 Å². The fraction of sp³-hybridized carbons (Fsp3) is 0.273. The Morgan fingerprint density at radius 2 is 1.87 bits per heavy atom. The van der Waals surface area contributed by atoms with Gasteiger partial charge in [0.2, 0.25) is 5.88 Å². The molecule has 3 rings (SSSR count). The molecule has 0 unspecified atom stereocenters. The van der Waals surface area contributed by atoms with E-state index in [0.29, 0.717) is 22.1 Å². The van der Waals surface area contributed by atoms with Crippen LogP contribution >= 0.6 is 0 Å². The minimum atomic E-state index is -4.50. The summed E-state index contributed by atoms with van der Waals surface area (Å²) in [5, 5.41) is 3.17. The van der Waals surface area contributed by atoms with Crippen molar-refractivity contribution in [3.8, 4) is 5.88 Å². The molecule has 0 atom stereocenters. The Hall–Kier alpha value is -3.16. The number of amides is 1. The molecule has 1 aromatic heterocycles.